The van der Waals surface area contributed by atoms with Crippen LogP contribution in [0.4, 0.5) is 14.5 Å². The topological polar surface area (TPSA) is 84.9 Å². The third-order valence-corrected chi connectivity index (χ3v) is 6.94. The summed E-state index contributed by atoms with van der Waals surface area (Å²) in [5.74, 6) is -4.55. The zero-order chi connectivity index (χ0) is 25.6. The van der Waals surface area contributed by atoms with Crippen molar-refractivity contribution < 1.29 is 32.6 Å². The Hall–Kier alpha value is -4.11. The van der Waals surface area contributed by atoms with Gasteiger partial charge in [0.05, 0.1) is 37.3 Å². The molecule has 9 heteroatoms. The SMILES string of the molecule is COC(=O)[C@H]1NC(c2ccc(F)cc2)(c2ccc(F)cc2)[C@@H]2C(=O)N(c3ccc(OC)cc3)C(=O)[C@H]12. The van der Waals surface area contributed by atoms with Crippen LogP contribution in [-0.4, -0.2) is 38.0 Å². The number of carbonyl (C=O) groups is 3. The molecular weight excluding hydrogens is 470 g/mol. The average Bonchev–Trinajstić information content (AvgIpc) is 3.39. The summed E-state index contributed by atoms with van der Waals surface area (Å²) in [4.78, 5) is 41.7. The molecule has 3 aromatic carbocycles. The van der Waals surface area contributed by atoms with E-state index in [1.165, 1.54) is 62.8 Å². The minimum absolute atomic E-state index is 0.316. The molecule has 0 aliphatic carbocycles. The highest BCUT2D eigenvalue weighted by Gasteiger charge is 2.68. The molecule has 0 unspecified atom stereocenters. The normalized spacial score (nSPS) is 22.4. The lowest BCUT2D eigenvalue weighted by Crippen LogP contribution is -2.52. The largest absolute Gasteiger partial charge is 0.497 e. The smallest absolute Gasteiger partial charge is 0.323 e. The van der Waals surface area contributed by atoms with Gasteiger partial charge in [0.15, 0.2) is 0 Å². The van der Waals surface area contributed by atoms with Gasteiger partial charge in [0.25, 0.3) is 0 Å². The number of imide groups is 1. The summed E-state index contributed by atoms with van der Waals surface area (Å²) in [5, 5.41) is 3.17. The molecule has 7 nitrogen and oxygen atoms in total. The Morgan fingerprint density at radius 3 is 1.83 bits per heavy atom. The molecule has 0 radical (unpaired) electrons. The maximum atomic E-state index is 14.0. The number of esters is 1. The number of hydrogen-bond donors (Lipinski definition) is 1. The van der Waals surface area contributed by atoms with E-state index in [-0.39, 0.29) is 0 Å². The van der Waals surface area contributed by atoms with Gasteiger partial charge in [0, 0.05) is 0 Å². The molecular formula is C27H22F2N2O5. The van der Waals surface area contributed by atoms with Crippen molar-refractivity contribution in [1.29, 1.82) is 0 Å². The van der Waals surface area contributed by atoms with Crippen LogP contribution in [0, 0.1) is 23.5 Å². The average molecular weight is 492 g/mol. The molecule has 2 heterocycles. The van der Waals surface area contributed by atoms with Gasteiger partial charge in [-0.1, -0.05) is 24.3 Å². The molecule has 2 fully saturated rings. The summed E-state index contributed by atoms with van der Waals surface area (Å²) >= 11 is 0. The van der Waals surface area contributed by atoms with E-state index in [0.29, 0.717) is 22.6 Å². The van der Waals surface area contributed by atoms with Crippen molar-refractivity contribution in [2.75, 3.05) is 19.1 Å². The van der Waals surface area contributed by atoms with E-state index >= 15 is 0 Å². The maximum absolute atomic E-state index is 14.0. The zero-order valence-corrected chi connectivity index (χ0v) is 19.4. The van der Waals surface area contributed by atoms with Gasteiger partial charge < -0.3 is 9.47 Å². The molecule has 36 heavy (non-hydrogen) atoms. The molecule has 3 aromatic rings. The van der Waals surface area contributed by atoms with Gasteiger partial charge in [-0.3, -0.25) is 19.7 Å². The van der Waals surface area contributed by atoms with Gasteiger partial charge in [0.1, 0.15) is 23.4 Å². The first-order valence-corrected chi connectivity index (χ1v) is 11.2. The Morgan fingerprint density at radius 1 is 0.833 bits per heavy atom. The van der Waals surface area contributed by atoms with Gasteiger partial charge in [-0.2, -0.15) is 0 Å². The highest BCUT2D eigenvalue weighted by atomic mass is 19.1. The molecule has 2 saturated heterocycles. The van der Waals surface area contributed by atoms with E-state index in [0.717, 1.165) is 4.90 Å². The lowest BCUT2D eigenvalue weighted by atomic mass is 9.71. The number of benzene rings is 3. The Bertz CT molecular complexity index is 1280. The van der Waals surface area contributed by atoms with E-state index in [1.54, 1.807) is 24.3 Å². The number of carbonyl (C=O) groups excluding carboxylic acids is 3. The molecule has 184 valence electrons. The fourth-order valence-electron chi connectivity index (χ4n) is 5.34. The van der Waals surface area contributed by atoms with Gasteiger partial charge in [-0.15, -0.1) is 0 Å². The summed E-state index contributed by atoms with van der Waals surface area (Å²) in [6, 6.07) is 16.0. The van der Waals surface area contributed by atoms with Crippen LogP contribution in [0.25, 0.3) is 0 Å². The summed E-state index contributed by atoms with van der Waals surface area (Å²) in [5.41, 5.74) is -0.251. The monoisotopic (exact) mass is 492 g/mol. The van der Waals surface area contributed by atoms with Crippen molar-refractivity contribution in [3.05, 3.63) is 95.6 Å². The molecule has 5 rings (SSSR count). The number of nitrogens with one attached hydrogen (secondary N) is 1. The quantitative estimate of drug-likeness (QED) is 0.435. The standard InChI is InChI=1S/C27H22F2N2O5/c1-35-20-13-11-19(12-14-20)31-24(32)21-22(25(31)33)27(30-23(21)26(34)36-2,15-3-7-17(28)8-4-15)16-5-9-18(29)10-6-16/h3-14,21-23,30H,1-2H3/t21-,22-,23-/m0/s1. The number of fused-ring (bicyclic) bond motifs is 1. The number of anilines is 1. The lowest BCUT2D eigenvalue weighted by molar-refractivity contribution is -0.145. The number of amides is 2. The second kappa shape index (κ2) is 8.83. The van der Waals surface area contributed by atoms with E-state index in [9.17, 15) is 23.2 Å². The first kappa shape index (κ1) is 23.6. The van der Waals surface area contributed by atoms with Gasteiger partial charge in [0.2, 0.25) is 11.8 Å². The second-order valence-corrected chi connectivity index (χ2v) is 8.68. The zero-order valence-electron chi connectivity index (χ0n) is 19.4. The third-order valence-electron chi connectivity index (χ3n) is 6.94. The molecule has 0 bridgehead atoms. The molecule has 0 aromatic heterocycles. The van der Waals surface area contributed by atoms with Crippen molar-refractivity contribution in [1.82, 2.24) is 5.32 Å². The van der Waals surface area contributed by atoms with E-state index < -0.39 is 52.8 Å². The number of nitrogens with zero attached hydrogens (tertiary/aromatic N) is 1. The first-order chi connectivity index (χ1) is 17.3. The maximum Gasteiger partial charge on any atom is 0.323 e. The number of halogens is 2. The van der Waals surface area contributed by atoms with Gasteiger partial charge >= 0.3 is 5.97 Å². The summed E-state index contributed by atoms with van der Waals surface area (Å²) in [7, 11) is 2.69. The lowest BCUT2D eigenvalue weighted by Gasteiger charge is -2.36. The van der Waals surface area contributed by atoms with Crippen molar-refractivity contribution >= 4 is 23.5 Å². The van der Waals surface area contributed by atoms with Gasteiger partial charge in [-0.05, 0) is 59.7 Å². The van der Waals surface area contributed by atoms with E-state index in [1.807, 2.05) is 0 Å². The molecule has 2 aliphatic heterocycles. The Morgan fingerprint density at radius 2 is 1.36 bits per heavy atom. The van der Waals surface area contributed by atoms with Crippen molar-refractivity contribution in [2.45, 2.75) is 11.6 Å². The van der Waals surface area contributed by atoms with Crippen LogP contribution in [0.2, 0.25) is 0 Å². The fraction of sp³-hybridized carbons (Fsp3) is 0.222. The van der Waals surface area contributed by atoms with Crippen LogP contribution < -0.4 is 15.0 Å². The predicted molar refractivity (Wildman–Crippen MR) is 125 cm³/mol. The first-order valence-electron chi connectivity index (χ1n) is 11.2. The predicted octanol–water partition coefficient (Wildman–Crippen LogP) is 3.17. The van der Waals surface area contributed by atoms with Crippen molar-refractivity contribution in [3.63, 3.8) is 0 Å². The third kappa shape index (κ3) is 3.46. The molecule has 3 atom stereocenters. The van der Waals surface area contributed by atoms with E-state index in [4.69, 9.17) is 9.47 Å². The van der Waals surface area contributed by atoms with Crippen LogP contribution >= 0.6 is 0 Å². The summed E-state index contributed by atoms with van der Waals surface area (Å²) < 4.78 is 37.9. The number of hydrogen-bond acceptors (Lipinski definition) is 6. The molecule has 2 amide bonds. The summed E-state index contributed by atoms with van der Waals surface area (Å²) in [6.45, 7) is 0. The van der Waals surface area contributed by atoms with E-state index in [2.05, 4.69) is 5.32 Å². The Kier molecular flexibility index (Phi) is 5.80. The Labute approximate surface area is 205 Å². The van der Waals surface area contributed by atoms with Crippen LogP contribution in [0.1, 0.15) is 11.1 Å². The second-order valence-electron chi connectivity index (χ2n) is 8.68. The number of ether oxygens (including phenoxy) is 2. The van der Waals surface area contributed by atoms with Crippen molar-refractivity contribution in [3.8, 4) is 5.75 Å². The van der Waals surface area contributed by atoms with Crippen molar-refractivity contribution in [2.24, 2.45) is 11.8 Å². The fourth-order valence-corrected chi connectivity index (χ4v) is 5.34. The summed E-state index contributed by atoms with van der Waals surface area (Å²) in [6.07, 6.45) is 0. The number of methoxy groups -OCH3 is 2. The van der Waals surface area contributed by atoms with Gasteiger partial charge in [-0.25, -0.2) is 13.7 Å². The molecule has 1 N–H and O–H groups in total. The Balaban J connectivity index is 1.73. The number of rotatable bonds is 5. The van der Waals surface area contributed by atoms with Crippen LogP contribution in [0.5, 0.6) is 5.75 Å². The highest BCUT2D eigenvalue weighted by molar-refractivity contribution is 6.24. The molecule has 0 spiro atoms. The molecule has 2 aliphatic rings. The van der Waals surface area contributed by atoms with Crippen LogP contribution in [0.3, 0.4) is 0 Å². The highest BCUT2D eigenvalue weighted by Crippen LogP contribution is 2.52. The minimum atomic E-state index is -1.45. The van der Waals surface area contributed by atoms with Crippen LogP contribution in [0.15, 0.2) is 72.8 Å². The van der Waals surface area contributed by atoms with Crippen LogP contribution in [-0.2, 0) is 24.7 Å². The minimum Gasteiger partial charge on any atom is -0.497 e. The molecule has 0 saturated carbocycles.